The second-order valence-corrected chi connectivity index (χ2v) is 7.28. The smallest absolute Gasteiger partial charge is 0.251 e. The van der Waals surface area contributed by atoms with Crippen LogP contribution in [0.5, 0.6) is 5.75 Å². The molecule has 0 saturated carbocycles. The molecule has 0 aliphatic heterocycles. The first-order valence-corrected chi connectivity index (χ1v) is 9.76. The summed E-state index contributed by atoms with van der Waals surface area (Å²) in [6, 6.07) is 12.2. The Balaban J connectivity index is 1.61. The number of hydrogen-bond acceptors (Lipinski definition) is 3. The van der Waals surface area contributed by atoms with Crippen LogP contribution in [0.3, 0.4) is 0 Å². The maximum atomic E-state index is 12.5. The number of nitrogens with zero attached hydrogens (tertiary/aromatic N) is 2. The van der Waals surface area contributed by atoms with Crippen molar-refractivity contribution in [2.75, 3.05) is 0 Å². The first-order chi connectivity index (χ1) is 13.5. The molecular weight excluding hydrogens is 421 g/mol. The zero-order valence-corrected chi connectivity index (χ0v) is 17.4. The van der Waals surface area contributed by atoms with Crippen molar-refractivity contribution >= 4 is 40.7 Å². The van der Waals surface area contributed by atoms with Gasteiger partial charge in [-0.3, -0.25) is 9.48 Å². The molecule has 0 fully saturated rings. The molecule has 0 bridgehead atoms. The highest BCUT2D eigenvalue weighted by Gasteiger charge is 2.11. The van der Waals surface area contributed by atoms with E-state index >= 15 is 0 Å². The van der Waals surface area contributed by atoms with E-state index in [1.54, 1.807) is 47.3 Å². The van der Waals surface area contributed by atoms with Crippen LogP contribution in [0.4, 0.5) is 0 Å². The summed E-state index contributed by atoms with van der Waals surface area (Å²) in [6.45, 7) is 3.21. The fraction of sp³-hybridized carbons (Fsp3) is 0.200. The van der Waals surface area contributed by atoms with E-state index in [0.717, 1.165) is 5.56 Å². The summed E-state index contributed by atoms with van der Waals surface area (Å²) in [5.41, 5.74) is 2.00. The molecule has 1 heterocycles. The van der Waals surface area contributed by atoms with Gasteiger partial charge >= 0.3 is 0 Å². The van der Waals surface area contributed by atoms with Gasteiger partial charge in [-0.2, -0.15) is 5.10 Å². The van der Waals surface area contributed by atoms with Crippen LogP contribution in [0.1, 0.15) is 28.5 Å². The van der Waals surface area contributed by atoms with E-state index in [0.29, 0.717) is 38.6 Å². The summed E-state index contributed by atoms with van der Waals surface area (Å²) in [6.07, 6.45) is 1.74. The molecule has 0 spiro atoms. The minimum absolute atomic E-state index is 0.214. The van der Waals surface area contributed by atoms with Crippen LogP contribution in [0.25, 0.3) is 0 Å². The number of halogens is 3. The van der Waals surface area contributed by atoms with E-state index in [2.05, 4.69) is 10.4 Å². The van der Waals surface area contributed by atoms with Gasteiger partial charge in [0.1, 0.15) is 18.1 Å². The summed E-state index contributed by atoms with van der Waals surface area (Å²) < 4.78 is 7.45. The summed E-state index contributed by atoms with van der Waals surface area (Å²) in [5, 5.41) is 8.66. The van der Waals surface area contributed by atoms with Crippen molar-refractivity contribution in [1.82, 2.24) is 15.1 Å². The fourth-order valence-electron chi connectivity index (χ4n) is 2.54. The standard InChI is InChI=1S/C20H18Cl3N3O2/c1-2-26-11-17(23)18(25-26)10-24-20(27)14-5-3-4-13(8-14)12-28-19-7-6-15(21)9-16(19)22/h3-9,11H,2,10,12H2,1H3,(H,24,27). The molecular formula is C20H18Cl3N3O2. The molecule has 0 unspecified atom stereocenters. The maximum absolute atomic E-state index is 12.5. The summed E-state index contributed by atoms with van der Waals surface area (Å²) >= 11 is 18.1. The molecule has 0 saturated heterocycles. The van der Waals surface area contributed by atoms with Gasteiger partial charge < -0.3 is 10.1 Å². The Hall–Kier alpha value is -2.21. The minimum atomic E-state index is -0.214. The Morgan fingerprint density at radius 1 is 1.14 bits per heavy atom. The third-order valence-electron chi connectivity index (χ3n) is 4.01. The molecule has 1 amide bonds. The lowest BCUT2D eigenvalue weighted by Crippen LogP contribution is -2.23. The van der Waals surface area contributed by atoms with Crippen LogP contribution in [0.15, 0.2) is 48.7 Å². The van der Waals surface area contributed by atoms with Gasteiger partial charge in [0.15, 0.2) is 0 Å². The Kier molecular flexibility index (Phi) is 6.83. The predicted octanol–water partition coefficient (Wildman–Crippen LogP) is 5.37. The average Bonchev–Trinajstić information content (AvgIpc) is 3.05. The van der Waals surface area contributed by atoms with Crippen molar-refractivity contribution in [3.8, 4) is 5.75 Å². The summed E-state index contributed by atoms with van der Waals surface area (Å²) in [7, 11) is 0. The molecule has 3 rings (SSSR count). The first-order valence-electron chi connectivity index (χ1n) is 8.63. The number of hydrogen-bond donors (Lipinski definition) is 1. The molecule has 146 valence electrons. The van der Waals surface area contributed by atoms with Crippen LogP contribution in [-0.2, 0) is 19.7 Å². The second kappa shape index (κ2) is 9.32. The average molecular weight is 439 g/mol. The Morgan fingerprint density at radius 2 is 1.96 bits per heavy atom. The zero-order valence-electron chi connectivity index (χ0n) is 15.1. The molecule has 0 radical (unpaired) electrons. The van der Waals surface area contributed by atoms with Crippen LogP contribution in [0.2, 0.25) is 15.1 Å². The van der Waals surface area contributed by atoms with E-state index in [4.69, 9.17) is 39.5 Å². The van der Waals surface area contributed by atoms with Gasteiger partial charge in [0.05, 0.1) is 16.6 Å². The quantitative estimate of drug-likeness (QED) is 0.539. The predicted molar refractivity (Wildman–Crippen MR) is 111 cm³/mol. The Bertz CT molecular complexity index is 989. The van der Waals surface area contributed by atoms with E-state index < -0.39 is 0 Å². The van der Waals surface area contributed by atoms with Crippen LogP contribution < -0.4 is 10.1 Å². The number of nitrogens with one attached hydrogen (secondary N) is 1. The monoisotopic (exact) mass is 437 g/mol. The SMILES string of the molecule is CCn1cc(Cl)c(CNC(=O)c2cccc(COc3ccc(Cl)cc3Cl)c2)n1. The van der Waals surface area contributed by atoms with E-state index in [9.17, 15) is 4.79 Å². The number of amides is 1. The number of carbonyl (C=O) groups is 1. The first kappa shape index (κ1) is 20.5. The minimum Gasteiger partial charge on any atom is -0.487 e. The van der Waals surface area contributed by atoms with Gasteiger partial charge in [0, 0.05) is 23.3 Å². The highest BCUT2D eigenvalue weighted by atomic mass is 35.5. The lowest BCUT2D eigenvalue weighted by molar-refractivity contribution is 0.0950. The zero-order chi connectivity index (χ0) is 20.1. The summed E-state index contributed by atoms with van der Waals surface area (Å²) in [5.74, 6) is 0.315. The van der Waals surface area contributed by atoms with Crippen molar-refractivity contribution in [3.63, 3.8) is 0 Å². The molecule has 0 aliphatic rings. The number of rotatable bonds is 7. The number of carbonyl (C=O) groups excluding carboxylic acids is 1. The topological polar surface area (TPSA) is 56.2 Å². The number of benzene rings is 2. The number of aryl methyl sites for hydroxylation is 1. The van der Waals surface area contributed by atoms with E-state index in [1.807, 2.05) is 13.0 Å². The third kappa shape index (κ3) is 5.19. The van der Waals surface area contributed by atoms with Crippen molar-refractivity contribution < 1.29 is 9.53 Å². The lowest BCUT2D eigenvalue weighted by atomic mass is 10.1. The molecule has 0 atom stereocenters. The lowest BCUT2D eigenvalue weighted by Gasteiger charge is -2.10. The second-order valence-electron chi connectivity index (χ2n) is 6.03. The number of aromatic nitrogens is 2. The largest absolute Gasteiger partial charge is 0.487 e. The molecule has 3 aromatic rings. The van der Waals surface area contributed by atoms with Crippen LogP contribution in [-0.4, -0.2) is 15.7 Å². The van der Waals surface area contributed by atoms with Crippen molar-refractivity contribution in [2.24, 2.45) is 0 Å². The summed E-state index contributed by atoms with van der Waals surface area (Å²) in [4.78, 5) is 12.5. The van der Waals surface area contributed by atoms with E-state index in [1.165, 1.54) is 0 Å². The van der Waals surface area contributed by atoms with E-state index in [-0.39, 0.29) is 19.1 Å². The Morgan fingerprint density at radius 3 is 2.68 bits per heavy atom. The number of ether oxygens (including phenoxy) is 1. The molecule has 0 aliphatic carbocycles. The normalized spacial score (nSPS) is 10.7. The van der Waals surface area contributed by atoms with Gasteiger partial charge in [-0.05, 0) is 42.8 Å². The molecule has 2 aromatic carbocycles. The van der Waals surface area contributed by atoms with Crippen molar-refractivity contribution in [3.05, 3.63) is 80.6 Å². The highest BCUT2D eigenvalue weighted by Crippen LogP contribution is 2.28. The molecule has 5 nitrogen and oxygen atoms in total. The van der Waals surface area contributed by atoms with Gasteiger partial charge in [-0.25, -0.2) is 0 Å². The molecule has 28 heavy (non-hydrogen) atoms. The van der Waals surface area contributed by atoms with Gasteiger partial charge in [0.25, 0.3) is 5.91 Å². The van der Waals surface area contributed by atoms with Gasteiger partial charge in [0.2, 0.25) is 0 Å². The fourth-order valence-corrected chi connectivity index (χ4v) is 3.22. The molecule has 1 N–H and O–H groups in total. The van der Waals surface area contributed by atoms with Crippen molar-refractivity contribution in [2.45, 2.75) is 26.6 Å². The highest BCUT2D eigenvalue weighted by molar-refractivity contribution is 6.35. The van der Waals surface area contributed by atoms with Gasteiger partial charge in [-0.1, -0.05) is 46.9 Å². The van der Waals surface area contributed by atoms with Crippen LogP contribution in [0, 0.1) is 0 Å². The van der Waals surface area contributed by atoms with Crippen molar-refractivity contribution in [1.29, 1.82) is 0 Å². The Labute approximate surface area is 178 Å². The van der Waals surface area contributed by atoms with Crippen LogP contribution >= 0.6 is 34.8 Å². The molecule has 1 aromatic heterocycles. The van der Waals surface area contributed by atoms with Gasteiger partial charge in [-0.15, -0.1) is 0 Å². The third-order valence-corrected chi connectivity index (χ3v) is 4.85. The maximum Gasteiger partial charge on any atom is 0.251 e. The molecule has 8 heteroatoms.